The van der Waals surface area contributed by atoms with Gasteiger partial charge in [-0.3, -0.25) is 14.4 Å². The molecule has 1 rings (SSSR count). The zero-order chi connectivity index (χ0) is 16.4. The minimum atomic E-state index is -0.969. The Bertz CT molecular complexity index is 433. The molecular weight excluding hydrogens is 276 g/mol. The highest BCUT2D eigenvalue weighted by Crippen LogP contribution is 2.59. The van der Waals surface area contributed by atoms with E-state index < -0.39 is 23.2 Å². The summed E-state index contributed by atoms with van der Waals surface area (Å²) in [4.78, 5) is 38.3. The number of nitrogens with zero attached hydrogens (tertiary/aromatic N) is 2. The van der Waals surface area contributed by atoms with E-state index in [0.29, 0.717) is 6.61 Å². The summed E-state index contributed by atoms with van der Waals surface area (Å²) in [6, 6.07) is 0. The summed E-state index contributed by atoms with van der Waals surface area (Å²) in [7, 11) is 4.74. The normalized spacial score (nSPS) is 22.5. The molecule has 7 nitrogen and oxygen atoms in total. The first-order valence-corrected chi connectivity index (χ1v) is 6.85. The van der Waals surface area contributed by atoms with Crippen LogP contribution in [0.1, 0.15) is 13.8 Å². The molecule has 21 heavy (non-hydrogen) atoms. The predicted octanol–water partition coefficient (Wildman–Crippen LogP) is -0.0936. The number of aliphatic carboxylic acids is 1. The number of carbonyl (C=O) groups excluding carboxylic acids is 2. The van der Waals surface area contributed by atoms with Crippen molar-refractivity contribution in [1.82, 2.24) is 9.80 Å². The zero-order valence-corrected chi connectivity index (χ0v) is 13.3. The van der Waals surface area contributed by atoms with Crippen LogP contribution in [0, 0.1) is 17.3 Å². The third-order valence-electron chi connectivity index (χ3n) is 4.06. The lowest BCUT2D eigenvalue weighted by molar-refractivity contribution is -0.143. The number of carbonyl (C=O) groups is 3. The Balaban J connectivity index is 2.81. The molecule has 120 valence electrons. The van der Waals surface area contributed by atoms with E-state index in [-0.39, 0.29) is 24.9 Å². The predicted molar refractivity (Wildman–Crippen MR) is 75.5 cm³/mol. The van der Waals surface area contributed by atoms with Gasteiger partial charge in [-0.2, -0.15) is 0 Å². The molecule has 0 aliphatic heterocycles. The van der Waals surface area contributed by atoms with Gasteiger partial charge < -0.3 is 19.6 Å². The average Bonchev–Trinajstić information content (AvgIpc) is 2.96. The number of likely N-dealkylation sites (N-methyl/N-ethyl adjacent to an activating group) is 1. The van der Waals surface area contributed by atoms with Gasteiger partial charge in [0.1, 0.15) is 0 Å². The number of ether oxygens (including phenoxy) is 1. The third kappa shape index (κ3) is 3.72. The molecule has 0 bridgehead atoms. The molecule has 0 aromatic carbocycles. The Morgan fingerprint density at radius 2 is 1.76 bits per heavy atom. The van der Waals surface area contributed by atoms with Crippen molar-refractivity contribution in [3.05, 3.63) is 0 Å². The van der Waals surface area contributed by atoms with Crippen LogP contribution >= 0.6 is 0 Å². The smallest absolute Gasteiger partial charge is 0.307 e. The lowest BCUT2D eigenvalue weighted by Gasteiger charge is -2.24. The lowest BCUT2D eigenvalue weighted by atomic mass is 10.1. The lowest BCUT2D eigenvalue weighted by Crippen LogP contribution is -2.43. The van der Waals surface area contributed by atoms with Crippen LogP contribution in [0.4, 0.5) is 0 Å². The van der Waals surface area contributed by atoms with Gasteiger partial charge >= 0.3 is 5.97 Å². The maximum Gasteiger partial charge on any atom is 0.307 e. The molecule has 1 fully saturated rings. The third-order valence-corrected chi connectivity index (χ3v) is 4.06. The molecule has 0 unspecified atom stereocenters. The minimum absolute atomic E-state index is 0.0614. The molecule has 2 amide bonds. The van der Waals surface area contributed by atoms with Crippen molar-refractivity contribution < 1.29 is 24.2 Å². The van der Waals surface area contributed by atoms with Gasteiger partial charge in [-0.25, -0.2) is 0 Å². The van der Waals surface area contributed by atoms with E-state index in [2.05, 4.69) is 0 Å². The van der Waals surface area contributed by atoms with Crippen LogP contribution in [0.2, 0.25) is 0 Å². The highest BCUT2D eigenvalue weighted by molar-refractivity contribution is 5.93. The number of carboxylic acid groups (broad SMARTS) is 1. The zero-order valence-electron chi connectivity index (χ0n) is 13.3. The largest absolute Gasteiger partial charge is 0.481 e. The average molecular weight is 300 g/mol. The van der Waals surface area contributed by atoms with Crippen molar-refractivity contribution in [3.63, 3.8) is 0 Å². The van der Waals surface area contributed by atoms with E-state index in [1.807, 2.05) is 0 Å². The van der Waals surface area contributed by atoms with Gasteiger partial charge in [-0.15, -0.1) is 0 Å². The van der Waals surface area contributed by atoms with Crippen molar-refractivity contribution in [2.75, 3.05) is 40.9 Å². The van der Waals surface area contributed by atoms with E-state index in [9.17, 15) is 14.4 Å². The molecule has 7 heteroatoms. The van der Waals surface area contributed by atoms with Crippen LogP contribution in [-0.4, -0.2) is 73.6 Å². The fourth-order valence-electron chi connectivity index (χ4n) is 2.53. The molecule has 1 aliphatic carbocycles. The summed E-state index contributed by atoms with van der Waals surface area (Å²) in [6.07, 6.45) is 0. The van der Waals surface area contributed by atoms with Gasteiger partial charge in [-0.1, -0.05) is 13.8 Å². The van der Waals surface area contributed by atoms with Crippen LogP contribution < -0.4 is 0 Å². The van der Waals surface area contributed by atoms with Gasteiger partial charge in [-0.05, 0) is 5.41 Å². The van der Waals surface area contributed by atoms with E-state index in [1.54, 1.807) is 27.9 Å². The van der Waals surface area contributed by atoms with Gasteiger partial charge in [0.05, 0.1) is 25.0 Å². The second-order valence-electron chi connectivity index (χ2n) is 6.16. The van der Waals surface area contributed by atoms with Crippen LogP contribution in [0.25, 0.3) is 0 Å². The summed E-state index contributed by atoms with van der Waals surface area (Å²) < 4.78 is 4.96. The van der Waals surface area contributed by atoms with Crippen molar-refractivity contribution in [2.24, 2.45) is 17.3 Å². The maximum absolute atomic E-state index is 12.5. The van der Waals surface area contributed by atoms with Gasteiger partial charge in [0.25, 0.3) is 0 Å². The minimum Gasteiger partial charge on any atom is -0.481 e. The molecule has 1 N–H and O–H groups in total. The molecule has 1 aliphatic rings. The van der Waals surface area contributed by atoms with Crippen LogP contribution in [0.3, 0.4) is 0 Å². The fourth-order valence-corrected chi connectivity index (χ4v) is 2.53. The van der Waals surface area contributed by atoms with Crippen molar-refractivity contribution in [2.45, 2.75) is 13.8 Å². The van der Waals surface area contributed by atoms with Crippen molar-refractivity contribution >= 4 is 17.8 Å². The Labute approximate surface area is 124 Å². The van der Waals surface area contributed by atoms with Crippen molar-refractivity contribution in [1.29, 1.82) is 0 Å². The van der Waals surface area contributed by atoms with E-state index in [4.69, 9.17) is 9.84 Å². The highest BCUT2D eigenvalue weighted by atomic mass is 16.5. The van der Waals surface area contributed by atoms with Crippen LogP contribution in [0.15, 0.2) is 0 Å². The first-order chi connectivity index (χ1) is 9.64. The second kappa shape index (κ2) is 6.43. The van der Waals surface area contributed by atoms with Crippen molar-refractivity contribution in [3.8, 4) is 0 Å². The number of methoxy groups -OCH3 is 1. The first kappa shape index (κ1) is 17.4. The Morgan fingerprint density at radius 1 is 1.19 bits per heavy atom. The highest BCUT2D eigenvalue weighted by Gasteiger charge is 2.66. The SMILES string of the molecule is COCCN(CC(=O)N(C)C)C(=O)[C@H]1[C@@H](C(=O)O)C1(C)C. The topological polar surface area (TPSA) is 87.2 Å². The van der Waals surface area contributed by atoms with E-state index in [0.717, 1.165) is 0 Å². The second-order valence-corrected chi connectivity index (χ2v) is 6.16. The Kier molecular flexibility index (Phi) is 5.33. The number of amides is 2. The Morgan fingerprint density at radius 3 is 2.14 bits per heavy atom. The number of rotatable bonds is 7. The monoisotopic (exact) mass is 300 g/mol. The number of carboxylic acids is 1. The number of hydrogen-bond acceptors (Lipinski definition) is 4. The standard InChI is InChI=1S/C14H24N2O5/c1-14(2)10(11(14)13(19)20)12(18)16(6-7-21-5)8-9(17)15(3)4/h10-11H,6-8H2,1-5H3,(H,19,20)/t10-,11+/m1/s1. The molecule has 0 radical (unpaired) electrons. The number of hydrogen-bond donors (Lipinski definition) is 1. The molecule has 2 atom stereocenters. The Hall–Kier alpha value is -1.63. The molecule has 0 aromatic rings. The summed E-state index contributed by atoms with van der Waals surface area (Å²) in [5.74, 6) is -2.74. The van der Waals surface area contributed by atoms with Crippen LogP contribution in [-0.2, 0) is 19.1 Å². The van der Waals surface area contributed by atoms with E-state index in [1.165, 1.54) is 16.9 Å². The summed E-state index contributed by atoms with van der Waals surface area (Å²) >= 11 is 0. The molecule has 0 aromatic heterocycles. The fraction of sp³-hybridized carbons (Fsp3) is 0.786. The van der Waals surface area contributed by atoms with Gasteiger partial charge in [0, 0.05) is 27.7 Å². The van der Waals surface area contributed by atoms with Gasteiger partial charge in [0.15, 0.2) is 0 Å². The molecular formula is C14H24N2O5. The summed E-state index contributed by atoms with van der Waals surface area (Å²) in [6.45, 7) is 4.03. The molecule has 1 saturated carbocycles. The summed E-state index contributed by atoms with van der Waals surface area (Å²) in [5.41, 5.74) is -0.574. The van der Waals surface area contributed by atoms with E-state index >= 15 is 0 Å². The first-order valence-electron chi connectivity index (χ1n) is 6.85. The van der Waals surface area contributed by atoms with Gasteiger partial charge in [0.2, 0.25) is 11.8 Å². The van der Waals surface area contributed by atoms with Crippen LogP contribution in [0.5, 0.6) is 0 Å². The molecule has 0 spiro atoms. The quantitative estimate of drug-likeness (QED) is 0.710. The summed E-state index contributed by atoms with van der Waals surface area (Å²) in [5, 5.41) is 9.17. The maximum atomic E-state index is 12.5. The molecule has 0 saturated heterocycles. The molecule has 0 heterocycles.